The number of fused-ring (bicyclic) bond motifs is 1. The first-order chi connectivity index (χ1) is 12.5. The molecule has 3 rings (SSSR count). The van der Waals surface area contributed by atoms with E-state index in [9.17, 15) is 9.59 Å². The number of methoxy groups -OCH3 is 1. The van der Waals surface area contributed by atoms with E-state index >= 15 is 0 Å². The number of nitrogens with zero attached hydrogens (tertiary/aromatic N) is 1. The van der Waals surface area contributed by atoms with E-state index in [0.29, 0.717) is 22.9 Å². The van der Waals surface area contributed by atoms with Crippen LogP contribution in [0, 0.1) is 0 Å². The van der Waals surface area contributed by atoms with Gasteiger partial charge < -0.3 is 20.7 Å². The zero-order valence-corrected chi connectivity index (χ0v) is 15.1. The Kier molecular flexibility index (Phi) is 5.33. The molecule has 7 nitrogen and oxygen atoms in total. The largest absolute Gasteiger partial charge is 0.497 e. The van der Waals surface area contributed by atoms with Gasteiger partial charge in [0, 0.05) is 19.2 Å². The van der Waals surface area contributed by atoms with Crippen LogP contribution in [0.15, 0.2) is 42.5 Å². The van der Waals surface area contributed by atoms with Gasteiger partial charge in [-0.15, -0.1) is 0 Å². The van der Waals surface area contributed by atoms with Crippen LogP contribution in [0.1, 0.15) is 12.5 Å². The monoisotopic (exact) mass is 370 g/mol. The SMILES string of the molecule is COc1cccc(CNC(=O)Nc2ccc3sc(NC(C)=O)nc3c2)c1. The first-order valence-corrected chi connectivity index (χ1v) is 8.71. The van der Waals surface area contributed by atoms with Crippen molar-refractivity contribution in [1.29, 1.82) is 0 Å². The fourth-order valence-corrected chi connectivity index (χ4v) is 3.24. The lowest BCUT2D eigenvalue weighted by Gasteiger charge is -2.08. The number of hydrogen-bond donors (Lipinski definition) is 3. The first kappa shape index (κ1) is 17.7. The Bertz CT molecular complexity index is 955. The molecule has 2 aromatic carbocycles. The lowest BCUT2D eigenvalue weighted by atomic mass is 10.2. The van der Waals surface area contributed by atoms with E-state index < -0.39 is 0 Å². The standard InChI is InChI=1S/C18H18N4O3S/c1-11(23)20-18-22-15-9-13(6-7-16(15)26-18)21-17(24)19-10-12-4-3-5-14(8-12)25-2/h3-9H,10H2,1-2H3,(H2,19,21,24)(H,20,22,23). The molecule has 0 atom stereocenters. The molecule has 0 radical (unpaired) electrons. The van der Waals surface area contributed by atoms with Gasteiger partial charge in [0.25, 0.3) is 0 Å². The predicted molar refractivity (Wildman–Crippen MR) is 103 cm³/mol. The molecule has 8 heteroatoms. The maximum atomic E-state index is 12.1. The number of aromatic nitrogens is 1. The van der Waals surface area contributed by atoms with Crippen LogP contribution in [0.3, 0.4) is 0 Å². The van der Waals surface area contributed by atoms with Crippen molar-refractivity contribution in [1.82, 2.24) is 10.3 Å². The van der Waals surface area contributed by atoms with Crippen LogP contribution in [0.25, 0.3) is 10.2 Å². The van der Waals surface area contributed by atoms with Gasteiger partial charge in [-0.1, -0.05) is 23.5 Å². The molecule has 26 heavy (non-hydrogen) atoms. The van der Waals surface area contributed by atoms with Crippen LogP contribution in [-0.4, -0.2) is 24.0 Å². The summed E-state index contributed by atoms with van der Waals surface area (Å²) < 4.78 is 6.09. The molecule has 0 aliphatic carbocycles. The van der Waals surface area contributed by atoms with Crippen molar-refractivity contribution >= 4 is 44.3 Å². The summed E-state index contributed by atoms with van der Waals surface area (Å²) in [5.74, 6) is 0.577. The molecule has 1 aromatic heterocycles. The van der Waals surface area contributed by atoms with Crippen molar-refractivity contribution < 1.29 is 14.3 Å². The summed E-state index contributed by atoms with van der Waals surface area (Å²) >= 11 is 1.38. The number of nitrogens with one attached hydrogen (secondary N) is 3. The molecule has 0 aliphatic heterocycles. The summed E-state index contributed by atoms with van der Waals surface area (Å²) in [6.07, 6.45) is 0. The van der Waals surface area contributed by atoms with Crippen LogP contribution in [-0.2, 0) is 11.3 Å². The van der Waals surface area contributed by atoms with Crippen LogP contribution in [0.4, 0.5) is 15.6 Å². The third kappa shape index (κ3) is 4.48. The number of anilines is 2. The lowest BCUT2D eigenvalue weighted by Crippen LogP contribution is -2.28. The number of benzene rings is 2. The molecule has 0 saturated carbocycles. The number of urea groups is 1. The molecular weight excluding hydrogens is 352 g/mol. The molecule has 0 bridgehead atoms. The third-order valence-corrected chi connectivity index (χ3v) is 4.47. The second-order valence-electron chi connectivity index (χ2n) is 5.54. The van der Waals surface area contributed by atoms with Crippen molar-refractivity contribution in [3.05, 3.63) is 48.0 Å². The number of ether oxygens (including phenoxy) is 1. The van der Waals surface area contributed by atoms with Crippen LogP contribution >= 0.6 is 11.3 Å². The topological polar surface area (TPSA) is 92.4 Å². The van der Waals surface area contributed by atoms with E-state index in [1.165, 1.54) is 18.3 Å². The molecule has 3 N–H and O–H groups in total. The summed E-state index contributed by atoms with van der Waals surface area (Å²) in [7, 11) is 1.60. The normalized spacial score (nSPS) is 10.4. The Morgan fingerprint density at radius 3 is 2.77 bits per heavy atom. The molecule has 3 amide bonds. The first-order valence-electron chi connectivity index (χ1n) is 7.89. The van der Waals surface area contributed by atoms with Crippen LogP contribution < -0.4 is 20.7 Å². The zero-order chi connectivity index (χ0) is 18.5. The van der Waals surface area contributed by atoms with Gasteiger partial charge >= 0.3 is 6.03 Å². The Morgan fingerprint density at radius 1 is 1.15 bits per heavy atom. The molecule has 0 unspecified atom stereocenters. The average molecular weight is 370 g/mol. The maximum Gasteiger partial charge on any atom is 0.319 e. The second-order valence-corrected chi connectivity index (χ2v) is 6.57. The van der Waals surface area contributed by atoms with Gasteiger partial charge in [0.05, 0.1) is 17.3 Å². The molecular formula is C18H18N4O3S. The van der Waals surface area contributed by atoms with Crippen LogP contribution in [0.2, 0.25) is 0 Å². The number of carbonyl (C=O) groups excluding carboxylic acids is 2. The Labute approximate surface area is 154 Å². The summed E-state index contributed by atoms with van der Waals surface area (Å²) in [4.78, 5) is 27.5. The predicted octanol–water partition coefficient (Wildman–Crippen LogP) is 3.59. The number of amides is 3. The molecule has 3 aromatic rings. The minimum Gasteiger partial charge on any atom is -0.497 e. The Balaban J connectivity index is 1.62. The van der Waals surface area contributed by atoms with E-state index in [1.54, 1.807) is 19.2 Å². The van der Waals surface area contributed by atoms with Gasteiger partial charge in [-0.3, -0.25) is 4.79 Å². The zero-order valence-electron chi connectivity index (χ0n) is 14.3. The highest BCUT2D eigenvalue weighted by atomic mass is 32.1. The minimum absolute atomic E-state index is 0.167. The van der Waals surface area contributed by atoms with Crippen molar-refractivity contribution in [3.63, 3.8) is 0 Å². The van der Waals surface area contributed by atoms with Crippen molar-refractivity contribution in [2.45, 2.75) is 13.5 Å². The minimum atomic E-state index is -0.315. The molecule has 0 aliphatic rings. The molecule has 1 heterocycles. The van der Waals surface area contributed by atoms with Gasteiger partial charge in [-0.05, 0) is 35.9 Å². The maximum absolute atomic E-state index is 12.1. The van der Waals surface area contributed by atoms with Gasteiger partial charge in [-0.25, -0.2) is 9.78 Å². The number of thiazole rings is 1. The molecule has 0 saturated heterocycles. The van der Waals surface area contributed by atoms with Crippen molar-refractivity contribution in [2.75, 3.05) is 17.7 Å². The molecule has 134 valence electrons. The highest BCUT2D eigenvalue weighted by molar-refractivity contribution is 7.22. The summed E-state index contributed by atoms with van der Waals surface area (Å²) in [6.45, 7) is 1.82. The summed E-state index contributed by atoms with van der Waals surface area (Å²) in [5, 5.41) is 8.77. The highest BCUT2D eigenvalue weighted by Gasteiger charge is 2.08. The number of carbonyl (C=O) groups is 2. The number of hydrogen-bond acceptors (Lipinski definition) is 5. The van der Waals surface area contributed by atoms with Gasteiger partial charge in [0.2, 0.25) is 5.91 Å². The molecule has 0 spiro atoms. The van der Waals surface area contributed by atoms with Gasteiger partial charge in [-0.2, -0.15) is 0 Å². The van der Waals surface area contributed by atoms with E-state index in [1.807, 2.05) is 30.3 Å². The summed E-state index contributed by atoms with van der Waals surface area (Å²) in [6, 6.07) is 12.6. The Hall–Kier alpha value is -3.13. The van der Waals surface area contributed by atoms with E-state index in [2.05, 4.69) is 20.9 Å². The van der Waals surface area contributed by atoms with E-state index in [4.69, 9.17) is 4.74 Å². The quantitative estimate of drug-likeness (QED) is 0.640. The van der Waals surface area contributed by atoms with Crippen molar-refractivity contribution in [2.24, 2.45) is 0 Å². The lowest BCUT2D eigenvalue weighted by molar-refractivity contribution is -0.114. The van der Waals surface area contributed by atoms with Gasteiger partial charge in [0.15, 0.2) is 5.13 Å². The fourth-order valence-electron chi connectivity index (χ4n) is 2.35. The van der Waals surface area contributed by atoms with Gasteiger partial charge in [0.1, 0.15) is 5.75 Å². The smallest absolute Gasteiger partial charge is 0.319 e. The number of rotatable bonds is 5. The highest BCUT2D eigenvalue weighted by Crippen LogP contribution is 2.28. The van der Waals surface area contributed by atoms with Crippen LogP contribution in [0.5, 0.6) is 5.75 Å². The van der Waals surface area contributed by atoms with E-state index in [-0.39, 0.29) is 11.9 Å². The average Bonchev–Trinajstić information content (AvgIpc) is 3.00. The Morgan fingerprint density at radius 2 is 2.00 bits per heavy atom. The molecule has 0 fully saturated rings. The van der Waals surface area contributed by atoms with Crippen molar-refractivity contribution in [3.8, 4) is 5.75 Å². The van der Waals surface area contributed by atoms with E-state index in [0.717, 1.165) is 16.0 Å². The summed E-state index contributed by atoms with van der Waals surface area (Å²) in [5.41, 5.74) is 2.28. The fraction of sp³-hybridized carbons (Fsp3) is 0.167. The second kappa shape index (κ2) is 7.83. The third-order valence-electron chi connectivity index (χ3n) is 3.52.